The van der Waals surface area contributed by atoms with Crippen molar-refractivity contribution in [2.45, 2.75) is 39.2 Å². The van der Waals surface area contributed by atoms with E-state index in [1.54, 1.807) is 0 Å². The quantitative estimate of drug-likeness (QED) is 0.358. The molecule has 0 aliphatic carbocycles. The summed E-state index contributed by atoms with van der Waals surface area (Å²) in [7, 11) is 0. The number of thiocarbonyl (C=S) groups is 1. The van der Waals surface area contributed by atoms with Gasteiger partial charge in [-0.3, -0.25) is 10.9 Å². The van der Waals surface area contributed by atoms with Gasteiger partial charge in [-0.25, -0.2) is 0 Å². The van der Waals surface area contributed by atoms with E-state index in [2.05, 4.69) is 31.7 Å². The molecule has 0 bridgehead atoms. The average Bonchev–Trinajstić information content (AvgIpc) is 2.59. The third-order valence-electron chi connectivity index (χ3n) is 3.67. The fourth-order valence-electron chi connectivity index (χ4n) is 2.35. The number of hydrogen-bond donors (Lipinski definition) is 4. The molecule has 6 nitrogen and oxygen atoms in total. The van der Waals surface area contributed by atoms with Crippen LogP contribution in [0.25, 0.3) is 0 Å². The van der Waals surface area contributed by atoms with Gasteiger partial charge in [-0.1, -0.05) is 18.6 Å². The molecule has 0 spiro atoms. The van der Waals surface area contributed by atoms with Gasteiger partial charge in [-0.15, -0.1) is 0 Å². The first kappa shape index (κ1) is 16.6. The minimum Gasteiger partial charge on any atom is -0.380 e. The summed E-state index contributed by atoms with van der Waals surface area (Å²) in [6.07, 6.45) is 9.65. The summed E-state index contributed by atoms with van der Waals surface area (Å²) in [5.41, 5.74) is 8.52. The van der Waals surface area contributed by atoms with Gasteiger partial charge in [0, 0.05) is 12.6 Å². The van der Waals surface area contributed by atoms with Gasteiger partial charge in [0.25, 0.3) is 0 Å². The van der Waals surface area contributed by atoms with Crippen LogP contribution in [0.1, 0.15) is 33.1 Å². The fraction of sp³-hybridized carbons (Fsp3) is 0.533. The summed E-state index contributed by atoms with van der Waals surface area (Å²) in [6, 6.07) is 0.345. The predicted octanol–water partition coefficient (Wildman–Crippen LogP) is 1.39. The van der Waals surface area contributed by atoms with Crippen LogP contribution >= 0.6 is 12.2 Å². The molecule has 2 aliphatic heterocycles. The Balaban J connectivity index is 1.79. The van der Waals surface area contributed by atoms with Gasteiger partial charge in [0.05, 0.1) is 17.1 Å². The third kappa shape index (κ3) is 5.23. The van der Waals surface area contributed by atoms with Crippen molar-refractivity contribution in [3.63, 3.8) is 0 Å². The lowest BCUT2D eigenvalue weighted by molar-refractivity contribution is 0.469. The second-order valence-corrected chi connectivity index (χ2v) is 5.80. The lowest BCUT2D eigenvalue weighted by Gasteiger charge is -2.23. The van der Waals surface area contributed by atoms with Gasteiger partial charge in [-0.2, -0.15) is 10.2 Å². The van der Waals surface area contributed by atoms with Gasteiger partial charge in [0.2, 0.25) is 5.11 Å². The van der Waals surface area contributed by atoms with Crippen LogP contribution in [0.2, 0.25) is 0 Å². The zero-order valence-electron chi connectivity index (χ0n) is 13.1. The van der Waals surface area contributed by atoms with E-state index in [4.69, 9.17) is 12.2 Å². The van der Waals surface area contributed by atoms with Crippen molar-refractivity contribution in [1.29, 1.82) is 0 Å². The summed E-state index contributed by atoms with van der Waals surface area (Å²) in [6.45, 7) is 5.81. The van der Waals surface area contributed by atoms with Crippen molar-refractivity contribution in [3.8, 4) is 0 Å². The molecule has 1 atom stereocenters. The molecule has 1 saturated heterocycles. The number of hydrazone groups is 2. The van der Waals surface area contributed by atoms with Crippen LogP contribution in [0, 0.1) is 0 Å². The Hall–Kier alpha value is -1.73. The molecule has 0 radical (unpaired) electrons. The number of piperidine rings is 1. The molecule has 120 valence electrons. The van der Waals surface area contributed by atoms with Gasteiger partial charge in [0.15, 0.2) is 0 Å². The minimum absolute atomic E-state index is 0.345. The molecular weight excluding hydrogens is 296 g/mol. The molecule has 0 aromatic rings. The lowest BCUT2D eigenvalue weighted by Crippen LogP contribution is -2.40. The smallest absolute Gasteiger partial charge is 0.207 e. The molecule has 4 N–H and O–H groups in total. The summed E-state index contributed by atoms with van der Waals surface area (Å²) in [5, 5.41) is 15.7. The van der Waals surface area contributed by atoms with E-state index in [1.165, 1.54) is 12.8 Å². The van der Waals surface area contributed by atoms with Crippen molar-refractivity contribution in [3.05, 3.63) is 23.9 Å². The van der Waals surface area contributed by atoms with E-state index >= 15 is 0 Å². The van der Waals surface area contributed by atoms with Crippen LogP contribution in [0.3, 0.4) is 0 Å². The van der Waals surface area contributed by atoms with E-state index < -0.39 is 0 Å². The number of dihydropyridines is 1. The summed E-state index contributed by atoms with van der Waals surface area (Å²) in [4.78, 5) is 0. The highest BCUT2D eigenvalue weighted by molar-refractivity contribution is 7.80. The highest BCUT2D eigenvalue weighted by atomic mass is 32.1. The van der Waals surface area contributed by atoms with Crippen LogP contribution in [-0.2, 0) is 0 Å². The Labute approximate surface area is 137 Å². The highest BCUT2D eigenvalue weighted by Crippen LogP contribution is 2.08. The van der Waals surface area contributed by atoms with Gasteiger partial charge in [-0.05, 0) is 51.5 Å². The second-order valence-electron chi connectivity index (χ2n) is 5.40. The molecule has 0 aromatic carbocycles. The Morgan fingerprint density at radius 1 is 1.27 bits per heavy atom. The van der Waals surface area contributed by atoms with E-state index in [-0.39, 0.29) is 0 Å². The van der Waals surface area contributed by atoms with Crippen LogP contribution < -0.4 is 21.5 Å². The number of nitrogens with one attached hydrogen (secondary N) is 4. The van der Waals surface area contributed by atoms with Crippen molar-refractivity contribution < 1.29 is 0 Å². The molecule has 0 aromatic heterocycles. The third-order valence-corrected chi connectivity index (χ3v) is 3.86. The molecule has 0 saturated carbocycles. The maximum atomic E-state index is 5.18. The van der Waals surface area contributed by atoms with E-state index in [0.717, 1.165) is 36.6 Å². The molecule has 1 unspecified atom stereocenters. The first-order chi connectivity index (χ1) is 10.7. The zero-order valence-corrected chi connectivity index (χ0v) is 14.0. The molecule has 22 heavy (non-hydrogen) atoms. The molecule has 7 heteroatoms. The standard InChI is InChI=1S/C15H24N6S/c1-11(13-7-3-5-9-16-13)18-20-15(22)21-19-12(2)14-8-4-6-10-17-14/h3,5,7,14,16-17H,4,6,8-10H2,1-2H3,(H2,20,21,22). The molecule has 1 fully saturated rings. The molecule has 0 amide bonds. The van der Waals surface area contributed by atoms with Crippen LogP contribution in [-0.4, -0.2) is 35.7 Å². The SMILES string of the molecule is CC(=NNC(=S)NN=C(C)C1CCCCN1)C1=CC=CCN1. The van der Waals surface area contributed by atoms with Gasteiger partial charge >= 0.3 is 0 Å². The largest absolute Gasteiger partial charge is 0.380 e. The van der Waals surface area contributed by atoms with Crippen molar-refractivity contribution in [2.75, 3.05) is 13.1 Å². The average molecular weight is 320 g/mol. The summed E-state index contributed by atoms with van der Waals surface area (Å²) < 4.78 is 0. The van der Waals surface area contributed by atoms with Crippen molar-refractivity contribution in [1.82, 2.24) is 21.5 Å². The molecule has 2 aliphatic rings. The molecule has 2 rings (SSSR count). The number of nitrogens with zero attached hydrogens (tertiary/aromatic N) is 2. The lowest BCUT2D eigenvalue weighted by atomic mass is 10.0. The number of hydrogen-bond acceptors (Lipinski definition) is 5. The Morgan fingerprint density at radius 2 is 2.09 bits per heavy atom. The topological polar surface area (TPSA) is 72.8 Å². The Morgan fingerprint density at radius 3 is 2.77 bits per heavy atom. The Kier molecular flexibility index (Phi) is 6.54. The van der Waals surface area contributed by atoms with E-state index in [9.17, 15) is 0 Å². The number of allylic oxidation sites excluding steroid dienone is 3. The summed E-state index contributed by atoms with van der Waals surface area (Å²) in [5.74, 6) is 0. The maximum Gasteiger partial charge on any atom is 0.207 e. The van der Waals surface area contributed by atoms with Gasteiger partial charge < -0.3 is 10.6 Å². The molecular formula is C15H24N6S. The van der Waals surface area contributed by atoms with Crippen molar-refractivity contribution >= 4 is 28.8 Å². The van der Waals surface area contributed by atoms with E-state index in [0.29, 0.717) is 11.2 Å². The van der Waals surface area contributed by atoms with E-state index in [1.807, 2.05) is 32.1 Å². The van der Waals surface area contributed by atoms with Gasteiger partial charge in [0.1, 0.15) is 0 Å². The van der Waals surface area contributed by atoms with Crippen LogP contribution in [0.5, 0.6) is 0 Å². The maximum absolute atomic E-state index is 5.18. The first-order valence-corrected chi connectivity index (χ1v) is 8.06. The summed E-state index contributed by atoms with van der Waals surface area (Å²) >= 11 is 5.18. The minimum atomic E-state index is 0.345. The number of rotatable bonds is 4. The van der Waals surface area contributed by atoms with Crippen LogP contribution in [0.15, 0.2) is 34.1 Å². The fourth-order valence-corrected chi connectivity index (χ4v) is 2.45. The second kappa shape index (κ2) is 8.65. The zero-order chi connectivity index (χ0) is 15.8. The first-order valence-electron chi connectivity index (χ1n) is 7.65. The highest BCUT2D eigenvalue weighted by Gasteiger charge is 2.15. The van der Waals surface area contributed by atoms with Crippen molar-refractivity contribution in [2.24, 2.45) is 10.2 Å². The van der Waals surface area contributed by atoms with Crippen LogP contribution in [0.4, 0.5) is 0 Å². The normalized spacial score (nSPS) is 22.6. The molecule has 2 heterocycles. The monoisotopic (exact) mass is 320 g/mol. The Bertz CT molecular complexity index is 514. The predicted molar refractivity (Wildman–Crippen MR) is 96.0 cm³/mol.